The number of nitrogen functional groups attached to an aromatic ring is 1. The molecule has 186 valence electrons. The highest BCUT2D eigenvalue weighted by molar-refractivity contribution is 7.13. The van der Waals surface area contributed by atoms with Crippen LogP contribution in [-0.4, -0.2) is 35.8 Å². The molecule has 3 aromatic rings. The molecular formula is C28H29N3O4S. The highest BCUT2D eigenvalue weighted by Gasteiger charge is 2.42. The Bertz CT molecular complexity index is 1340. The molecular weight excluding hydrogens is 474 g/mol. The minimum atomic E-state index is -0.732. The van der Waals surface area contributed by atoms with Crippen molar-refractivity contribution in [3.05, 3.63) is 70.7 Å². The van der Waals surface area contributed by atoms with Gasteiger partial charge in [-0.15, -0.1) is 11.3 Å². The maximum atomic E-state index is 13.1. The fourth-order valence-corrected chi connectivity index (χ4v) is 5.29. The Morgan fingerprint density at radius 3 is 2.42 bits per heavy atom. The third kappa shape index (κ3) is 5.09. The van der Waals surface area contributed by atoms with Gasteiger partial charge in [-0.2, -0.15) is 0 Å². The standard InChI is InChI=1S/C28H29N3O4S/c1-5-34-27(32)23-16(3)30-17(4)24(28(33)35-6-2)25(23)19-8-7-9-20(14-19)26-31-22(15-36-26)18-10-12-21(29)13-11-18/h7-15,23,25H,5-6,29H2,1-4H3. The molecule has 1 aliphatic rings. The summed E-state index contributed by atoms with van der Waals surface area (Å²) in [5, 5.41) is 2.83. The van der Waals surface area contributed by atoms with Crippen molar-refractivity contribution in [1.82, 2.24) is 4.98 Å². The largest absolute Gasteiger partial charge is 0.465 e. The number of carbonyl (C=O) groups excluding carboxylic acids is 2. The minimum absolute atomic E-state index is 0.224. The predicted octanol–water partition coefficient (Wildman–Crippen LogP) is 5.63. The fraction of sp³-hybridized carbons (Fsp3) is 0.286. The highest BCUT2D eigenvalue weighted by Crippen LogP contribution is 2.41. The summed E-state index contributed by atoms with van der Waals surface area (Å²) in [6, 6.07) is 15.4. The van der Waals surface area contributed by atoms with Gasteiger partial charge in [0.1, 0.15) is 10.9 Å². The van der Waals surface area contributed by atoms with E-state index in [9.17, 15) is 9.59 Å². The lowest BCUT2D eigenvalue weighted by atomic mass is 9.75. The van der Waals surface area contributed by atoms with Gasteiger partial charge in [0.15, 0.2) is 0 Å². The molecule has 0 amide bonds. The molecule has 0 spiro atoms. The third-order valence-corrected chi connectivity index (χ3v) is 6.96. The second-order valence-corrected chi connectivity index (χ2v) is 9.32. The first kappa shape index (κ1) is 25.3. The molecule has 36 heavy (non-hydrogen) atoms. The first-order valence-corrected chi connectivity index (χ1v) is 12.7. The molecule has 2 atom stereocenters. The van der Waals surface area contributed by atoms with E-state index in [0.29, 0.717) is 22.7 Å². The number of anilines is 1. The van der Waals surface area contributed by atoms with E-state index in [-0.39, 0.29) is 13.2 Å². The van der Waals surface area contributed by atoms with Crippen LogP contribution in [0, 0.1) is 5.92 Å². The summed E-state index contributed by atoms with van der Waals surface area (Å²) in [6.45, 7) is 7.54. The van der Waals surface area contributed by atoms with Crippen LogP contribution in [0.15, 0.2) is 70.2 Å². The van der Waals surface area contributed by atoms with E-state index in [1.54, 1.807) is 27.7 Å². The molecule has 2 aromatic carbocycles. The lowest BCUT2D eigenvalue weighted by Crippen LogP contribution is -2.36. The van der Waals surface area contributed by atoms with E-state index in [1.807, 2.05) is 53.9 Å². The second kappa shape index (κ2) is 10.9. The topological polar surface area (TPSA) is 104 Å². The molecule has 2 N–H and O–H groups in total. The number of hydrogen-bond donors (Lipinski definition) is 1. The molecule has 0 saturated heterocycles. The summed E-state index contributed by atoms with van der Waals surface area (Å²) in [4.78, 5) is 35.5. The van der Waals surface area contributed by atoms with Crippen molar-refractivity contribution in [2.75, 3.05) is 18.9 Å². The smallest absolute Gasteiger partial charge is 0.336 e. The van der Waals surface area contributed by atoms with Gasteiger partial charge in [0, 0.05) is 39.5 Å². The fourth-order valence-electron chi connectivity index (χ4n) is 4.47. The van der Waals surface area contributed by atoms with Crippen molar-refractivity contribution < 1.29 is 19.1 Å². The number of aromatic nitrogens is 1. The lowest BCUT2D eigenvalue weighted by molar-refractivity contribution is -0.146. The van der Waals surface area contributed by atoms with Crippen LogP contribution < -0.4 is 5.73 Å². The molecule has 0 aliphatic carbocycles. The van der Waals surface area contributed by atoms with Gasteiger partial charge in [0.2, 0.25) is 0 Å². The number of hydrogen-bond acceptors (Lipinski definition) is 8. The normalized spacial score (nSPS) is 17.5. The van der Waals surface area contributed by atoms with Crippen LogP contribution in [0.1, 0.15) is 39.2 Å². The monoisotopic (exact) mass is 503 g/mol. The Kier molecular flexibility index (Phi) is 7.64. The summed E-state index contributed by atoms with van der Waals surface area (Å²) in [7, 11) is 0. The lowest BCUT2D eigenvalue weighted by Gasteiger charge is -2.31. The van der Waals surface area contributed by atoms with Gasteiger partial charge in [-0.05, 0) is 51.5 Å². The van der Waals surface area contributed by atoms with Crippen LogP contribution >= 0.6 is 11.3 Å². The van der Waals surface area contributed by atoms with E-state index >= 15 is 0 Å². The first-order valence-electron chi connectivity index (χ1n) is 11.9. The van der Waals surface area contributed by atoms with Crippen molar-refractivity contribution in [1.29, 1.82) is 0 Å². The number of carbonyl (C=O) groups is 2. The minimum Gasteiger partial charge on any atom is -0.465 e. The molecule has 1 aliphatic heterocycles. The Balaban J connectivity index is 1.78. The molecule has 7 nitrogen and oxygen atoms in total. The van der Waals surface area contributed by atoms with E-state index in [2.05, 4.69) is 4.99 Å². The van der Waals surface area contributed by atoms with Gasteiger partial charge in [0.05, 0.1) is 24.5 Å². The van der Waals surface area contributed by atoms with Gasteiger partial charge >= 0.3 is 11.9 Å². The summed E-state index contributed by atoms with van der Waals surface area (Å²) in [5.41, 5.74) is 11.6. The van der Waals surface area contributed by atoms with E-state index in [1.165, 1.54) is 11.3 Å². The Hall–Kier alpha value is -3.78. The number of esters is 2. The molecule has 0 radical (unpaired) electrons. The van der Waals surface area contributed by atoms with Crippen LogP contribution in [0.5, 0.6) is 0 Å². The Morgan fingerprint density at radius 1 is 1.00 bits per heavy atom. The summed E-state index contributed by atoms with van der Waals surface area (Å²) in [6.07, 6.45) is 0. The van der Waals surface area contributed by atoms with Gasteiger partial charge in [-0.25, -0.2) is 9.78 Å². The molecule has 4 rings (SSSR count). The summed E-state index contributed by atoms with van der Waals surface area (Å²) in [5.74, 6) is -2.21. The summed E-state index contributed by atoms with van der Waals surface area (Å²) < 4.78 is 10.8. The number of rotatable bonds is 7. The molecule has 2 unspecified atom stereocenters. The summed E-state index contributed by atoms with van der Waals surface area (Å²) >= 11 is 1.53. The van der Waals surface area contributed by atoms with Crippen LogP contribution in [0.25, 0.3) is 21.8 Å². The second-order valence-electron chi connectivity index (χ2n) is 8.47. The Labute approximate surface area is 214 Å². The van der Waals surface area contributed by atoms with E-state index in [0.717, 1.165) is 27.4 Å². The van der Waals surface area contributed by atoms with Gasteiger partial charge < -0.3 is 15.2 Å². The van der Waals surface area contributed by atoms with Crippen LogP contribution in [0.3, 0.4) is 0 Å². The molecule has 0 fully saturated rings. The van der Waals surface area contributed by atoms with Crippen LogP contribution in [0.2, 0.25) is 0 Å². The SMILES string of the molecule is CCOC(=O)C1=C(C)N=C(C)C(C(=O)OCC)C1c1cccc(-c2nc(-c3ccc(N)cc3)cs2)c1. The Morgan fingerprint density at radius 2 is 1.72 bits per heavy atom. The zero-order valence-corrected chi connectivity index (χ0v) is 21.6. The number of benzene rings is 2. The maximum absolute atomic E-state index is 13.1. The van der Waals surface area contributed by atoms with Gasteiger partial charge in [-0.3, -0.25) is 9.79 Å². The number of aliphatic imine (C=N–C) groups is 1. The first-order chi connectivity index (χ1) is 17.3. The number of nitrogens with two attached hydrogens (primary N) is 1. The zero-order chi connectivity index (χ0) is 25.8. The van der Waals surface area contributed by atoms with Crippen molar-refractivity contribution in [3.8, 4) is 21.8 Å². The quantitative estimate of drug-likeness (QED) is 0.331. The molecule has 0 bridgehead atoms. The van der Waals surface area contributed by atoms with E-state index < -0.39 is 23.8 Å². The van der Waals surface area contributed by atoms with Crippen molar-refractivity contribution in [2.45, 2.75) is 33.6 Å². The molecule has 0 saturated carbocycles. The molecule has 8 heteroatoms. The zero-order valence-electron chi connectivity index (χ0n) is 20.8. The van der Waals surface area contributed by atoms with Gasteiger partial charge in [0.25, 0.3) is 0 Å². The van der Waals surface area contributed by atoms with Gasteiger partial charge in [-0.1, -0.05) is 30.3 Å². The number of thiazole rings is 1. The number of allylic oxidation sites excluding steroid dienone is 1. The van der Waals surface area contributed by atoms with Crippen molar-refractivity contribution >= 4 is 34.7 Å². The maximum Gasteiger partial charge on any atom is 0.336 e. The number of ether oxygens (including phenoxy) is 2. The molecule has 2 heterocycles. The average Bonchev–Trinajstić information content (AvgIpc) is 3.35. The number of nitrogens with zero attached hydrogens (tertiary/aromatic N) is 2. The van der Waals surface area contributed by atoms with Crippen LogP contribution in [0.4, 0.5) is 5.69 Å². The van der Waals surface area contributed by atoms with E-state index in [4.69, 9.17) is 20.2 Å². The molecule has 1 aromatic heterocycles. The average molecular weight is 504 g/mol. The van der Waals surface area contributed by atoms with Crippen molar-refractivity contribution in [2.24, 2.45) is 10.9 Å². The predicted molar refractivity (Wildman–Crippen MR) is 143 cm³/mol. The van der Waals surface area contributed by atoms with Crippen LogP contribution in [-0.2, 0) is 19.1 Å². The highest BCUT2D eigenvalue weighted by atomic mass is 32.1. The third-order valence-electron chi connectivity index (χ3n) is 6.07. The van der Waals surface area contributed by atoms with Crippen molar-refractivity contribution in [3.63, 3.8) is 0 Å².